The Hall–Kier alpha value is -3.62. The summed E-state index contributed by atoms with van der Waals surface area (Å²) in [5, 5.41) is 0. The highest BCUT2D eigenvalue weighted by Crippen LogP contribution is 2.32. The van der Waals surface area contributed by atoms with Crippen LogP contribution < -0.4 is 19.6 Å². The number of allylic oxidation sites excluding steroid dienone is 1. The van der Waals surface area contributed by atoms with Gasteiger partial charge in [-0.1, -0.05) is 54.3 Å². The molecule has 1 aromatic heterocycles. The highest BCUT2D eigenvalue weighted by atomic mass is 32.2. The quantitative estimate of drug-likeness (QED) is 0.267. The molecule has 0 bridgehead atoms. The van der Waals surface area contributed by atoms with Gasteiger partial charge >= 0.3 is 5.97 Å². The van der Waals surface area contributed by atoms with Gasteiger partial charge in [-0.2, -0.15) is 0 Å². The van der Waals surface area contributed by atoms with Crippen molar-refractivity contribution in [1.82, 2.24) is 4.57 Å². The molecule has 0 aliphatic carbocycles. The van der Waals surface area contributed by atoms with Crippen molar-refractivity contribution in [2.45, 2.75) is 30.9 Å². The van der Waals surface area contributed by atoms with Crippen molar-refractivity contribution >= 4 is 41.2 Å². The van der Waals surface area contributed by atoms with Gasteiger partial charge in [-0.3, -0.25) is 9.36 Å². The molecular formula is C29H26N2O4S2. The smallest absolute Gasteiger partial charge is 0.338 e. The van der Waals surface area contributed by atoms with Crippen LogP contribution >= 0.6 is 23.1 Å². The van der Waals surface area contributed by atoms with Crippen molar-refractivity contribution in [3.63, 3.8) is 0 Å². The molecule has 2 aromatic carbocycles. The Morgan fingerprint density at radius 3 is 2.73 bits per heavy atom. The lowest BCUT2D eigenvalue weighted by Crippen LogP contribution is -2.40. The van der Waals surface area contributed by atoms with Crippen LogP contribution in [0.5, 0.6) is 5.75 Å². The molecule has 2 aliphatic rings. The first-order chi connectivity index (χ1) is 17.9. The number of hydrogen-bond acceptors (Lipinski definition) is 7. The number of thioether (sulfide) groups is 1. The molecule has 188 valence electrons. The van der Waals surface area contributed by atoms with Gasteiger partial charge in [0.1, 0.15) is 18.5 Å². The summed E-state index contributed by atoms with van der Waals surface area (Å²) in [6.45, 7) is 7.45. The molecule has 0 N–H and O–H groups in total. The second-order valence-electron chi connectivity index (χ2n) is 8.68. The van der Waals surface area contributed by atoms with Crippen LogP contribution in [-0.4, -0.2) is 29.5 Å². The Morgan fingerprint density at radius 1 is 1.24 bits per heavy atom. The minimum atomic E-state index is -0.652. The lowest BCUT2D eigenvalue weighted by Gasteiger charge is -2.24. The van der Waals surface area contributed by atoms with Gasteiger partial charge in [-0.15, -0.1) is 11.8 Å². The third-order valence-electron chi connectivity index (χ3n) is 6.32. The third kappa shape index (κ3) is 4.74. The van der Waals surface area contributed by atoms with Gasteiger partial charge in [0.2, 0.25) is 0 Å². The Balaban J connectivity index is 1.67. The molecule has 6 nitrogen and oxygen atoms in total. The summed E-state index contributed by atoms with van der Waals surface area (Å²) < 4.78 is 13.6. The third-order valence-corrected chi connectivity index (χ3v) is 8.04. The molecular weight excluding hydrogens is 504 g/mol. The Kier molecular flexibility index (Phi) is 7.04. The maximum Gasteiger partial charge on any atom is 0.338 e. The number of thiazole rings is 1. The minimum absolute atomic E-state index is 0.0751. The molecule has 0 fully saturated rings. The van der Waals surface area contributed by atoms with Crippen molar-refractivity contribution < 1.29 is 14.3 Å². The van der Waals surface area contributed by atoms with Gasteiger partial charge in [0, 0.05) is 10.5 Å². The molecule has 8 heteroatoms. The van der Waals surface area contributed by atoms with Crippen LogP contribution in [0.4, 0.5) is 0 Å². The molecule has 0 saturated carbocycles. The highest BCUT2D eigenvalue weighted by Gasteiger charge is 2.33. The zero-order valence-electron chi connectivity index (χ0n) is 20.8. The summed E-state index contributed by atoms with van der Waals surface area (Å²) in [7, 11) is 0. The fraction of sp³-hybridized carbons (Fsp3) is 0.207. The predicted molar refractivity (Wildman–Crippen MR) is 149 cm³/mol. The largest absolute Gasteiger partial charge is 0.485 e. The van der Waals surface area contributed by atoms with Crippen molar-refractivity contribution in [1.29, 1.82) is 0 Å². The molecule has 5 rings (SSSR count). The van der Waals surface area contributed by atoms with Crippen LogP contribution in [0.3, 0.4) is 0 Å². The maximum absolute atomic E-state index is 13.9. The van der Waals surface area contributed by atoms with E-state index in [0.717, 1.165) is 27.3 Å². The van der Waals surface area contributed by atoms with Crippen molar-refractivity contribution in [3.05, 3.63) is 109 Å². The zero-order chi connectivity index (χ0) is 26.1. The summed E-state index contributed by atoms with van der Waals surface area (Å²) in [5.41, 5.74) is 3.34. The number of carbonyl (C=O) groups excluding carboxylic acids is 1. The standard InChI is InChI=1S/C29H26N2O4S2/c1-5-14-34-28(33)25-17(2)30-29-31(26(25)19-10-12-22(36-4)13-11-19)27(32)24(37-29)16-21-15-20-8-6-7-9-23(20)35-18(21)3/h5-13,15-16,18,26H,1,14H2,2-4H3/b24-16-. The molecule has 37 heavy (non-hydrogen) atoms. The summed E-state index contributed by atoms with van der Waals surface area (Å²) >= 11 is 2.93. The number of hydrogen-bond donors (Lipinski definition) is 0. The number of esters is 1. The summed E-state index contributed by atoms with van der Waals surface area (Å²) in [6, 6.07) is 15.0. The Bertz CT molecular complexity index is 1630. The van der Waals surface area contributed by atoms with E-state index in [1.165, 1.54) is 17.4 Å². The van der Waals surface area contributed by atoms with E-state index in [0.29, 0.717) is 20.6 Å². The first-order valence-electron chi connectivity index (χ1n) is 11.8. The average molecular weight is 531 g/mol. The number of fused-ring (bicyclic) bond motifs is 2. The molecule has 0 saturated heterocycles. The van der Waals surface area contributed by atoms with E-state index in [4.69, 9.17) is 9.47 Å². The van der Waals surface area contributed by atoms with Gasteiger partial charge in [0.05, 0.1) is 21.8 Å². The maximum atomic E-state index is 13.9. The van der Waals surface area contributed by atoms with Gasteiger partial charge in [0.15, 0.2) is 4.80 Å². The lowest BCUT2D eigenvalue weighted by molar-refractivity contribution is -0.138. The molecule has 0 spiro atoms. The van der Waals surface area contributed by atoms with Gasteiger partial charge in [-0.25, -0.2) is 9.79 Å². The van der Waals surface area contributed by atoms with E-state index in [1.54, 1.807) is 23.3 Å². The van der Waals surface area contributed by atoms with Crippen LogP contribution in [0.15, 0.2) is 92.7 Å². The SMILES string of the molecule is C=CCOC(=O)C1=C(C)N=c2s/c(=C\C3=Cc4ccccc4OC3C)c(=O)n2C1c1ccc(SC)cc1. The molecule has 3 heterocycles. The van der Waals surface area contributed by atoms with E-state index in [2.05, 4.69) is 11.6 Å². The summed E-state index contributed by atoms with van der Waals surface area (Å²) in [5.74, 6) is 0.309. The van der Waals surface area contributed by atoms with Gasteiger partial charge < -0.3 is 9.47 Å². The topological polar surface area (TPSA) is 69.9 Å². The molecule has 2 unspecified atom stereocenters. The van der Waals surface area contributed by atoms with Crippen molar-refractivity contribution in [3.8, 4) is 5.75 Å². The first-order valence-corrected chi connectivity index (χ1v) is 13.9. The van der Waals surface area contributed by atoms with Crippen molar-refractivity contribution in [2.75, 3.05) is 12.9 Å². The number of aromatic nitrogens is 1. The van der Waals surface area contributed by atoms with E-state index in [1.807, 2.05) is 73.9 Å². The van der Waals surface area contributed by atoms with E-state index >= 15 is 0 Å². The van der Waals surface area contributed by atoms with Crippen LogP contribution in [0, 0.1) is 0 Å². The molecule has 2 atom stereocenters. The fourth-order valence-electron chi connectivity index (χ4n) is 4.47. The monoisotopic (exact) mass is 530 g/mol. The lowest BCUT2D eigenvalue weighted by atomic mass is 9.96. The van der Waals surface area contributed by atoms with Gasteiger partial charge in [0.25, 0.3) is 5.56 Å². The van der Waals surface area contributed by atoms with Gasteiger partial charge in [-0.05, 0) is 61.6 Å². The highest BCUT2D eigenvalue weighted by molar-refractivity contribution is 7.98. The number of para-hydroxylation sites is 1. The zero-order valence-corrected chi connectivity index (χ0v) is 22.4. The summed E-state index contributed by atoms with van der Waals surface area (Å²) in [6.07, 6.45) is 7.22. The van der Waals surface area contributed by atoms with E-state index < -0.39 is 12.0 Å². The fourth-order valence-corrected chi connectivity index (χ4v) is 5.92. The number of rotatable bonds is 6. The number of ether oxygens (including phenoxy) is 2. The summed E-state index contributed by atoms with van der Waals surface area (Å²) in [4.78, 5) is 33.3. The van der Waals surface area contributed by atoms with Crippen LogP contribution in [-0.2, 0) is 9.53 Å². The number of benzene rings is 2. The van der Waals surface area contributed by atoms with Crippen molar-refractivity contribution in [2.24, 2.45) is 4.99 Å². The van der Waals surface area contributed by atoms with Crippen LogP contribution in [0.1, 0.15) is 31.0 Å². The van der Waals surface area contributed by atoms with Crippen LogP contribution in [0.25, 0.3) is 12.2 Å². The minimum Gasteiger partial charge on any atom is -0.485 e. The first kappa shape index (κ1) is 25.0. The van der Waals surface area contributed by atoms with E-state index in [9.17, 15) is 9.59 Å². The van der Waals surface area contributed by atoms with E-state index in [-0.39, 0.29) is 18.3 Å². The Labute approximate surface area is 223 Å². The second kappa shape index (κ2) is 10.4. The van der Waals surface area contributed by atoms with Crippen LogP contribution in [0.2, 0.25) is 0 Å². The number of carbonyl (C=O) groups is 1. The normalized spacial score (nSPS) is 18.8. The molecule has 0 radical (unpaired) electrons. The molecule has 2 aliphatic heterocycles. The molecule has 0 amide bonds. The second-order valence-corrected chi connectivity index (χ2v) is 10.6. The average Bonchev–Trinajstić information content (AvgIpc) is 3.21. The predicted octanol–water partition coefficient (Wildman–Crippen LogP) is 4.50. The number of nitrogens with zero attached hydrogens (tertiary/aromatic N) is 2. The Morgan fingerprint density at radius 2 is 2.00 bits per heavy atom. The molecule has 3 aromatic rings.